The molecule has 2 aromatic heterocycles. The Labute approximate surface area is 227 Å². The molecular weight excluding hydrogens is 495 g/mol. The highest BCUT2D eigenvalue weighted by atomic mass is 19.1. The van der Waals surface area contributed by atoms with Crippen molar-refractivity contribution in [2.45, 2.75) is 64.3 Å². The van der Waals surface area contributed by atoms with E-state index in [2.05, 4.69) is 36.6 Å². The fraction of sp³-hybridized carbons (Fsp3) is 0.323. The average Bonchev–Trinajstić information content (AvgIpc) is 3.29. The van der Waals surface area contributed by atoms with Gasteiger partial charge in [0.1, 0.15) is 11.6 Å². The molecule has 4 aromatic rings. The molecule has 2 aromatic carbocycles. The number of rotatable bonds is 8. The van der Waals surface area contributed by atoms with Crippen LogP contribution in [-0.4, -0.2) is 26.4 Å². The minimum atomic E-state index is -1.07. The summed E-state index contributed by atoms with van der Waals surface area (Å²) >= 11 is 0. The number of anilines is 2. The van der Waals surface area contributed by atoms with Crippen LogP contribution in [0.1, 0.15) is 83.2 Å². The number of hydrogen-bond acceptors (Lipinski definition) is 4. The molecule has 5 rings (SSSR count). The van der Waals surface area contributed by atoms with Crippen LogP contribution >= 0.6 is 0 Å². The maximum absolute atomic E-state index is 13.6. The number of benzene rings is 2. The van der Waals surface area contributed by atoms with Crippen LogP contribution in [0.15, 0.2) is 60.8 Å². The topological polar surface area (TPSA) is 95.7 Å². The Morgan fingerprint density at radius 2 is 1.72 bits per heavy atom. The molecule has 1 saturated carbocycles. The number of carbonyl (C=O) groups excluding carboxylic acids is 1. The summed E-state index contributed by atoms with van der Waals surface area (Å²) in [6.07, 6.45) is 7.14. The number of aryl methyl sites for hydroxylation is 2. The van der Waals surface area contributed by atoms with E-state index in [-0.39, 0.29) is 12.3 Å². The average molecular weight is 529 g/mol. The first kappa shape index (κ1) is 26.4. The van der Waals surface area contributed by atoms with E-state index in [0.717, 1.165) is 54.0 Å². The number of aromatic nitrogens is 2. The minimum absolute atomic E-state index is 0.278. The van der Waals surface area contributed by atoms with Crippen molar-refractivity contribution >= 4 is 29.0 Å². The molecule has 1 fully saturated rings. The molecule has 202 valence electrons. The predicted molar refractivity (Wildman–Crippen MR) is 149 cm³/mol. The van der Waals surface area contributed by atoms with Gasteiger partial charge in [0.15, 0.2) is 5.65 Å². The van der Waals surface area contributed by atoms with Gasteiger partial charge in [-0.25, -0.2) is 9.37 Å². The lowest BCUT2D eigenvalue weighted by atomic mass is 9.87. The number of carboxylic acids is 1. The highest BCUT2D eigenvalue weighted by molar-refractivity contribution is 6.00. The van der Waals surface area contributed by atoms with Crippen molar-refractivity contribution in [2.75, 3.05) is 5.32 Å². The number of para-hydroxylation sites is 1. The number of hydrogen-bond donors (Lipinski definition) is 3. The minimum Gasteiger partial charge on any atom is -0.481 e. The molecule has 0 radical (unpaired) electrons. The van der Waals surface area contributed by atoms with Crippen molar-refractivity contribution in [3.05, 3.63) is 94.6 Å². The molecule has 1 amide bonds. The number of amides is 1. The Hall–Kier alpha value is -4.20. The highest BCUT2D eigenvalue weighted by Crippen LogP contribution is 2.39. The monoisotopic (exact) mass is 528 g/mol. The zero-order valence-corrected chi connectivity index (χ0v) is 22.2. The lowest BCUT2D eigenvalue weighted by molar-refractivity contribution is -0.137. The quantitative estimate of drug-likeness (QED) is 0.233. The fourth-order valence-electron chi connectivity index (χ4n) is 5.54. The van der Waals surface area contributed by atoms with Crippen LogP contribution in [0.3, 0.4) is 0 Å². The maximum atomic E-state index is 13.6. The van der Waals surface area contributed by atoms with Gasteiger partial charge in [0, 0.05) is 17.8 Å². The van der Waals surface area contributed by atoms with Crippen molar-refractivity contribution in [3.8, 4) is 0 Å². The Balaban J connectivity index is 1.56. The fourth-order valence-corrected chi connectivity index (χ4v) is 5.54. The first-order chi connectivity index (χ1) is 18.8. The third-order valence-corrected chi connectivity index (χ3v) is 7.59. The largest absolute Gasteiger partial charge is 0.481 e. The van der Waals surface area contributed by atoms with Crippen molar-refractivity contribution < 1.29 is 19.1 Å². The number of imidazole rings is 1. The van der Waals surface area contributed by atoms with Gasteiger partial charge in [-0.3, -0.25) is 14.0 Å². The van der Waals surface area contributed by atoms with Crippen LogP contribution in [0.4, 0.5) is 15.9 Å². The molecule has 1 aliphatic rings. The second kappa shape index (κ2) is 11.3. The van der Waals surface area contributed by atoms with Crippen molar-refractivity contribution in [1.29, 1.82) is 0 Å². The third-order valence-electron chi connectivity index (χ3n) is 7.59. The molecule has 39 heavy (non-hydrogen) atoms. The van der Waals surface area contributed by atoms with Gasteiger partial charge in [0.2, 0.25) is 0 Å². The van der Waals surface area contributed by atoms with Gasteiger partial charge in [-0.15, -0.1) is 0 Å². The van der Waals surface area contributed by atoms with Gasteiger partial charge < -0.3 is 15.7 Å². The number of nitrogens with zero attached hydrogens (tertiary/aromatic N) is 2. The summed E-state index contributed by atoms with van der Waals surface area (Å²) in [5, 5.41) is 16.0. The number of carbonyl (C=O) groups is 2. The van der Waals surface area contributed by atoms with E-state index < -0.39 is 23.7 Å². The zero-order chi connectivity index (χ0) is 27.5. The Morgan fingerprint density at radius 1 is 1.03 bits per heavy atom. The van der Waals surface area contributed by atoms with E-state index in [0.29, 0.717) is 16.8 Å². The third kappa shape index (κ3) is 5.65. The Bertz CT molecular complexity index is 1490. The first-order valence-electron chi connectivity index (χ1n) is 13.4. The number of pyridine rings is 1. The van der Waals surface area contributed by atoms with Crippen LogP contribution in [0.2, 0.25) is 0 Å². The summed E-state index contributed by atoms with van der Waals surface area (Å²) in [7, 11) is 0. The normalized spacial score (nSPS) is 14.7. The lowest BCUT2D eigenvalue weighted by Crippen LogP contribution is -2.30. The zero-order valence-electron chi connectivity index (χ0n) is 22.2. The van der Waals surface area contributed by atoms with Gasteiger partial charge in [-0.05, 0) is 67.6 Å². The molecule has 2 heterocycles. The molecule has 7 nitrogen and oxygen atoms in total. The molecule has 1 aliphatic carbocycles. The van der Waals surface area contributed by atoms with E-state index in [1.807, 2.05) is 16.7 Å². The van der Waals surface area contributed by atoms with E-state index in [1.54, 1.807) is 12.1 Å². The summed E-state index contributed by atoms with van der Waals surface area (Å²) in [6, 6.07) is 14.3. The SMILES string of the molecule is Cc1cccc(C)c1Nc1c(C2CCCCC2)nc2c(C(=O)NC(CC(=O)O)c3ccc(F)cc3)cccn12. The standard InChI is InChI=1S/C31H33FN4O3/c1-19-8-6-9-20(2)27(19)34-30-28(22-10-4-3-5-11-22)35-29-24(12-7-17-36(29)30)31(39)33-25(18-26(37)38)21-13-15-23(32)16-14-21/h6-9,12-17,22,25,34H,3-5,10-11,18H2,1-2H3,(H,33,39)(H,37,38). The van der Waals surface area contributed by atoms with E-state index in [1.165, 1.54) is 30.7 Å². The summed E-state index contributed by atoms with van der Waals surface area (Å²) in [5.74, 6) is -0.802. The van der Waals surface area contributed by atoms with Crippen molar-refractivity contribution in [3.63, 3.8) is 0 Å². The number of nitrogens with one attached hydrogen (secondary N) is 2. The van der Waals surface area contributed by atoms with E-state index >= 15 is 0 Å². The Morgan fingerprint density at radius 3 is 2.38 bits per heavy atom. The molecule has 0 bridgehead atoms. The second-order valence-electron chi connectivity index (χ2n) is 10.4. The van der Waals surface area contributed by atoms with Gasteiger partial charge in [-0.1, -0.05) is 49.6 Å². The molecule has 3 N–H and O–H groups in total. The van der Waals surface area contributed by atoms with Crippen LogP contribution in [0.25, 0.3) is 5.65 Å². The van der Waals surface area contributed by atoms with Gasteiger partial charge >= 0.3 is 5.97 Å². The second-order valence-corrected chi connectivity index (χ2v) is 10.4. The van der Waals surface area contributed by atoms with Gasteiger partial charge in [0.25, 0.3) is 5.91 Å². The van der Waals surface area contributed by atoms with Crippen molar-refractivity contribution in [1.82, 2.24) is 14.7 Å². The van der Waals surface area contributed by atoms with Crippen LogP contribution < -0.4 is 10.6 Å². The Kier molecular flexibility index (Phi) is 7.63. The van der Waals surface area contributed by atoms with E-state index in [4.69, 9.17) is 4.98 Å². The number of halogens is 1. The number of aliphatic carboxylic acids is 1. The predicted octanol–water partition coefficient (Wildman–Crippen LogP) is 6.83. The lowest BCUT2D eigenvalue weighted by Gasteiger charge is -2.22. The van der Waals surface area contributed by atoms with Crippen LogP contribution in [-0.2, 0) is 4.79 Å². The van der Waals surface area contributed by atoms with Crippen LogP contribution in [0, 0.1) is 19.7 Å². The molecule has 1 atom stereocenters. The van der Waals surface area contributed by atoms with Crippen molar-refractivity contribution in [2.24, 2.45) is 0 Å². The highest BCUT2D eigenvalue weighted by Gasteiger charge is 2.27. The first-order valence-corrected chi connectivity index (χ1v) is 13.4. The number of carboxylic acid groups (broad SMARTS) is 1. The summed E-state index contributed by atoms with van der Waals surface area (Å²) in [6.45, 7) is 4.13. The number of fused-ring (bicyclic) bond motifs is 1. The molecule has 1 unspecified atom stereocenters. The summed E-state index contributed by atoms with van der Waals surface area (Å²) < 4.78 is 15.4. The smallest absolute Gasteiger partial charge is 0.305 e. The van der Waals surface area contributed by atoms with E-state index in [9.17, 15) is 19.1 Å². The van der Waals surface area contributed by atoms with Crippen LogP contribution in [0.5, 0.6) is 0 Å². The molecule has 0 saturated heterocycles. The molecular formula is C31H33FN4O3. The van der Waals surface area contributed by atoms with Gasteiger partial charge in [-0.2, -0.15) is 0 Å². The maximum Gasteiger partial charge on any atom is 0.305 e. The van der Waals surface area contributed by atoms with Gasteiger partial charge in [0.05, 0.1) is 23.7 Å². The molecule has 8 heteroatoms. The summed E-state index contributed by atoms with van der Waals surface area (Å²) in [5.41, 5.74) is 5.57. The molecule has 0 spiro atoms. The molecule has 0 aliphatic heterocycles. The summed E-state index contributed by atoms with van der Waals surface area (Å²) in [4.78, 5) is 30.2.